The van der Waals surface area contributed by atoms with Crippen LogP contribution in [0.5, 0.6) is 0 Å². The van der Waals surface area contributed by atoms with Crippen molar-refractivity contribution in [3.05, 3.63) is 53.6 Å². The maximum Gasteiger partial charge on any atom is 0.253 e. The smallest absolute Gasteiger partial charge is 0.253 e. The van der Waals surface area contributed by atoms with E-state index in [4.69, 9.17) is 5.73 Å². The maximum atomic E-state index is 15.5. The van der Waals surface area contributed by atoms with Crippen molar-refractivity contribution in [2.24, 2.45) is 17.6 Å². The lowest BCUT2D eigenvalue weighted by Gasteiger charge is -2.29. The fraction of sp³-hybridized carbons (Fsp3) is 0.417. The second-order valence-corrected chi connectivity index (χ2v) is 8.74. The largest absolute Gasteiger partial charge is 0.345 e. The first-order valence-corrected chi connectivity index (χ1v) is 10.6. The summed E-state index contributed by atoms with van der Waals surface area (Å²) >= 11 is 0. The van der Waals surface area contributed by atoms with E-state index in [0.29, 0.717) is 33.9 Å². The molecule has 3 N–H and O–H groups in total. The van der Waals surface area contributed by atoms with Gasteiger partial charge in [0.1, 0.15) is 11.3 Å². The Hall–Kier alpha value is -2.73. The van der Waals surface area contributed by atoms with Crippen LogP contribution in [0.3, 0.4) is 0 Å². The third-order valence-electron chi connectivity index (χ3n) is 6.35. The van der Waals surface area contributed by atoms with Crippen LogP contribution in [0.25, 0.3) is 22.2 Å². The van der Waals surface area contributed by atoms with E-state index in [0.717, 1.165) is 18.8 Å². The van der Waals surface area contributed by atoms with Gasteiger partial charge in [-0.3, -0.25) is 4.79 Å². The number of carbonyl (C=O) groups is 1. The number of nitrogens with two attached hydrogens (primary N) is 1. The highest BCUT2D eigenvalue weighted by Crippen LogP contribution is 2.36. The number of hydrogen-bond donors (Lipinski definition) is 2. The molecule has 4 rings (SSSR count). The van der Waals surface area contributed by atoms with E-state index >= 15 is 4.39 Å². The lowest BCUT2D eigenvalue weighted by molar-refractivity contribution is 0.0828. The van der Waals surface area contributed by atoms with Gasteiger partial charge in [-0.1, -0.05) is 38.0 Å². The summed E-state index contributed by atoms with van der Waals surface area (Å²) in [5.74, 6) is 1.15. The molecule has 6 heteroatoms. The van der Waals surface area contributed by atoms with Gasteiger partial charge in [-0.15, -0.1) is 0 Å². The molecule has 1 aliphatic carbocycles. The van der Waals surface area contributed by atoms with Gasteiger partial charge in [0, 0.05) is 25.2 Å². The molecular weight excluding hydrogens is 379 g/mol. The van der Waals surface area contributed by atoms with Crippen LogP contribution < -0.4 is 5.73 Å². The summed E-state index contributed by atoms with van der Waals surface area (Å²) in [6.07, 6.45) is 4.50. The maximum absolute atomic E-state index is 15.5. The average Bonchev–Trinajstić information content (AvgIpc) is 3.19. The first-order valence-electron chi connectivity index (χ1n) is 10.6. The van der Waals surface area contributed by atoms with E-state index < -0.39 is 5.82 Å². The van der Waals surface area contributed by atoms with Gasteiger partial charge in [0.15, 0.2) is 5.82 Å². The van der Waals surface area contributed by atoms with Crippen LogP contribution in [0, 0.1) is 17.7 Å². The van der Waals surface area contributed by atoms with E-state index in [9.17, 15) is 4.79 Å². The zero-order chi connectivity index (χ0) is 21.4. The minimum absolute atomic E-state index is 0.165. The van der Waals surface area contributed by atoms with Gasteiger partial charge in [-0.25, -0.2) is 9.37 Å². The normalized spacial score (nSPS) is 20.3. The highest BCUT2D eigenvalue weighted by molar-refractivity contribution is 6.01. The first-order chi connectivity index (χ1) is 14.4. The van der Waals surface area contributed by atoms with Crippen molar-refractivity contribution in [1.82, 2.24) is 14.9 Å². The molecule has 30 heavy (non-hydrogen) atoms. The third kappa shape index (κ3) is 3.72. The molecule has 0 bridgehead atoms. The number of halogens is 1. The predicted molar refractivity (Wildman–Crippen MR) is 118 cm³/mol. The standard InChI is InChI=1S/C24H29FN4O/c1-14-8-10-15(11-9-14)21(26)23-27-19-13-12-17(20(25)22(19)28-23)16-6-4-5-7-18(16)24(30)29(2)3/h4-7,12-15,21H,8-11,26H2,1-3H3,(H,27,28)/t14?,15?,21-/m0/s1. The molecule has 0 saturated heterocycles. The molecule has 1 amide bonds. The summed E-state index contributed by atoms with van der Waals surface area (Å²) in [4.78, 5) is 21.8. The van der Waals surface area contributed by atoms with Crippen molar-refractivity contribution in [2.75, 3.05) is 14.1 Å². The molecule has 2 aromatic carbocycles. The first kappa shape index (κ1) is 20.5. The van der Waals surface area contributed by atoms with Gasteiger partial charge in [-0.2, -0.15) is 0 Å². The number of aromatic amines is 1. The van der Waals surface area contributed by atoms with Gasteiger partial charge in [-0.05, 0) is 48.4 Å². The molecule has 0 unspecified atom stereocenters. The molecule has 1 saturated carbocycles. The Morgan fingerprint density at radius 3 is 2.53 bits per heavy atom. The number of nitrogens with one attached hydrogen (secondary N) is 1. The van der Waals surface area contributed by atoms with Gasteiger partial charge < -0.3 is 15.6 Å². The van der Waals surface area contributed by atoms with Gasteiger partial charge in [0.2, 0.25) is 0 Å². The van der Waals surface area contributed by atoms with E-state index in [2.05, 4.69) is 16.9 Å². The Balaban J connectivity index is 1.72. The lowest BCUT2D eigenvalue weighted by Crippen LogP contribution is -2.26. The fourth-order valence-electron chi connectivity index (χ4n) is 4.44. The molecule has 1 atom stereocenters. The Kier molecular flexibility index (Phi) is 5.60. The van der Waals surface area contributed by atoms with Gasteiger partial charge in [0.05, 0.1) is 11.6 Å². The van der Waals surface area contributed by atoms with E-state index in [1.165, 1.54) is 17.7 Å². The van der Waals surface area contributed by atoms with E-state index in [-0.39, 0.29) is 17.5 Å². The molecule has 158 valence electrons. The lowest BCUT2D eigenvalue weighted by atomic mass is 9.79. The highest BCUT2D eigenvalue weighted by Gasteiger charge is 2.27. The molecule has 1 fully saturated rings. The SMILES string of the molecule is CC1CCC([C@H](N)c2nc3c(F)c(-c4ccccc4C(=O)N(C)C)ccc3[nH]2)CC1. The number of imidazole rings is 1. The second kappa shape index (κ2) is 8.19. The second-order valence-electron chi connectivity index (χ2n) is 8.74. The quantitative estimate of drug-likeness (QED) is 0.645. The predicted octanol–water partition coefficient (Wildman–Crippen LogP) is 4.90. The third-order valence-corrected chi connectivity index (χ3v) is 6.35. The van der Waals surface area contributed by atoms with Crippen LogP contribution in [0.15, 0.2) is 36.4 Å². The Morgan fingerprint density at radius 1 is 1.13 bits per heavy atom. The Labute approximate surface area is 176 Å². The number of nitrogens with zero attached hydrogens (tertiary/aromatic N) is 2. The number of benzene rings is 2. The summed E-state index contributed by atoms with van der Waals surface area (Å²) in [5.41, 5.74) is 8.80. The highest BCUT2D eigenvalue weighted by atomic mass is 19.1. The Morgan fingerprint density at radius 2 is 1.83 bits per heavy atom. The van der Waals surface area contributed by atoms with Gasteiger partial charge in [0.25, 0.3) is 5.91 Å². The summed E-state index contributed by atoms with van der Waals surface area (Å²) < 4.78 is 15.5. The van der Waals surface area contributed by atoms with Crippen LogP contribution >= 0.6 is 0 Å². The number of hydrogen-bond acceptors (Lipinski definition) is 3. The summed E-state index contributed by atoms with van der Waals surface area (Å²) in [7, 11) is 3.37. The molecular formula is C24H29FN4O. The monoisotopic (exact) mass is 408 g/mol. The van der Waals surface area contributed by atoms with Crippen molar-refractivity contribution in [3.63, 3.8) is 0 Å². The molecule has 0 spiro atoms. The molecule has 3 aromatic rings. The Bertz CT molecular complexity index is 1070. The van der Waals surface area contributed by atoms with Gasteiger partial charge >= 0.3 is 0 Å². The molecule has 0 radical (unpaired) electrons. The van der Waals surface area contributed by atoms with Crippen LogP contribution in [0.2, 0.25) is 0 Å². The fourth-order valence-corrected chi connectivity index (χ4v) is 4.44. The van der Waals surface area contributed by atoms with Crippen molar-refractivity contribution in [2.45, 2.75) is 38.6 Å². The van der Waals surface area contributed by atoms with Crippen LogP contribution in [-0.4, -0.2) is 34.9 Å². The summed E-state index contributed by atoms with van der Waals surface area (Å²) in [5, 5.41) is 0. The number of carbonyl (C=O) groups excluding carboxylic acids is 1. The molecule has 0 aliphatic heterocycles. The minimum Gasteiger partial charge on any atom is -0.345 e. The molecule has 5 nitrogen and oxygen atoms in total. The van der Waals surface area contributed by atoms with Crippen LogP contribution in [0.4, 0.5) is 4.39 Å². The van der Waals surface area contributed by atoms with Crippen molar-refractivity contribution in [1.29, 1.82) is 0 Å². The van der Waals surface area contributed by atoms with Crippen molar-refractivity contribution < 1.29 is 9.18 Å². The number of fused-ring (bicyclic) bond motifs is 1. The van der Waals surface area contributed by atoms with E-state index in [1.54, 1.807) is 44.4 Å². The molecule has 1 aromatic heterocycles. The summed E-state index contributed by atoms with van der Waals surface area (Å²) in [6, 6.07) is 10.4. The van der Waals surface area contributed by atoms with Crippen molar-refractivity contribution >= 4 is 16.9 Å². The minimum atomic E-state index is -0.432. The van der Waals surface area contributed by atoms with Crippen LogP contribution in [-0.2, 0) is 0 Å². The van der Waals surface area contributed by atoms with Crippen LogP contribution in [0.1, 0.15) is 54.8 Å². The number of aromatic nitrogens is 2. The zero-order valence-electron chi connectivity index (χ0n) is 17.8. The number of rotatable bonds is 4. The summed E-state index contributed by atoms with van der Waals surface area (Å²) in [6.45, 7) is 2.28. The number of amides is 1. The number of H-pyrrole nitrogens is 1. The topological polar surface area (TPSA) is 75.0 Å². The zero-order valence-corrected chi connectivity index (χ0v) is 17.8. The van der Waals surface area contributed by atoms with Crippen molar-refractivity contribution in [3.8, 4) is 11.1 Å². The molecule has 1 heterocycles. The van der Waals surface area contributed by atoms with E-state index in [1.807, 2.05) is 6.07 Å². The average molecular weight is 409 g/mol. The molecule has 1 aliphatic rings.